The molecule has 0 N–H and O–H groups in total. The molecule has 36 rings (SSSR count). The second kappa shape index (κ2) is 32.8. The van der Waals surface area contributed by atoms with Crippen LogP contribution >= 0.6 is 0 Å². The molecule has 146 heavy (non-hydrogen) atoms. The van der Waals surface area contributed by atoms with Gasteiger partial charge in [-0.1, -0.05) is 329 Å². The molecule has 12 bridgehead atoms. The first-order valence-corrected chi connectivity index (χ1v) is 55.0. The predicted molar refractivity (Wildman–Crippen MR) is 609 cm³/mol. The molecule has 0 radical (unpaired) electrons. The number of rotatable bonds is 11. The van der Waals surface area contributed by atoms with Crippen LogP contribution in [0, 0.1) is 71.0 Å². The summed E-state index contributed by atoms with van der Waals surface area (Å²) in [6, 6.07) is 163. The van der Waals surface area contributed by atoms with Crippen molar-refractivity contribution in [1.29, 1.82) is 0 Å². The molecule has 3 nitrogen and oxygen atoms in total. The Hall–Kier alpha value is -14.9. The number of nitrogens with zero attached hydrogens (tertiary/aromatic N) is 3. The predicted octanol–water partition coefficient (Wildman–Crippen LogP) is 38.0. The van der Waals surface area contributed by atoms with Crippen molar-refractivity contribution < 1.29 is 0 Å². The Morgan fingerprint density at radius 1 is 0.158 bits per heavy atom. The SMILES string of the molecule is CC1(C)c2ccccc2-c2cc(N(c3ccc4c(c3)-c3ccccc3C43C4CC5CC(C4)CC3C5)c3ccc4ccccc4c3)ccc21.c1cc(-c2ccc3ccccc3c2)cc(N(c2ccc3c(c2)-c2ccccc2C32C3CC4CC(C3)CC2C4)c2ccc3ccccc3c2)c1.c1cc(-c2cccc3ccccc23)cc(N(c2ccc3c(c2)-c2ccccc2C32C3CC4CC(C3)CC2C4)c2ccc3ccccc3c2)c1. The van der Waals surface area contributed by atoms with E-state index in [1.165, 1.54) is 279 Å². The van der Waals surface area contributed by atoms with E-state index < -0.39 is 0 Å². The number of hydrogen-bond acceptors (Lipinski definition) is 3. The van der Waals surface area contributed by atoms with E-state index in [0.717, 1.165) is 71.0 Å². The highest BCUT2D eigenvalue weighted by Crippen LogP contribution is 2.74. The van der Waals surface area contributed by atoms with Gasteiger partial charge in [0.25, 0.3) is 0 Å². The van der Waals surface area contributed by atoms with Gasteiger partial charge < -0.3 is 14.7 Å². The van der Waals surface area contributed by atoms with E-state index in [1.54, 1.807) is 33.4 Å². The number of anilines is 9. The Morgan fingerprint density at radius 2 is 0.397 bits per heavy atom. The zero-order chi connectivity index (χ0) is 96.0. The van der Waals surface area contributed by atoms with Gasteiger partial charge in [0.2, 0.25) is 0 Å². The van der Waals surface area contributed by atoms with Gasteiger partial charge in [0, 0.05) is 72.8 Å². The molecule has 0 unspecified atom stereocenters. The van der Waals surface area contributed by atoms with Gasteiger partial charge in [-0.25, -0.2) is 0 Å². The van der Waals surface area contributed by atoms with Gasteiger partial charge in [-0.05, 0) is 448 Å². The molecule has 0 heterocycles. The maximum absolute atomic E-state index is 2.56. The summed E-state index contributed by atoms with van der Waals surface area (Å²) in [5.41, 5.74) is 40.4. The van der Waals surface area contributed by atoms with E-state index in [9.17, 15) is 0 Å². The first-order valence-electron chi connectivity index (χ1n) is 55.0. The second-order valence-electron chi connectivity index (χ2n) is 47.0. The van der Waals surface area contributed by atoms with Crippen LogP contribution in [0.2, 0.25) is 0 Å². The fourth-order valence-electron chi connectivity index (χ4n) is 34.5. The number of fused-ring (bicyclic) bond motifs is 17. The van der Waals surface area contributed by atoms with Crippen LogP contribution in [0.3, 0.4) is 0 Å². The summed E-state index contributed by atoms with van der Waals surface area (Å²) in [7, 11) is 0. The molecule has 16 aliphatic rings. The summed E-state index contributed by atoms with van der Waals surface area (Å²) in [4.78, 5) is 7.50. The van der Waals surface area contributed by atoms with Gasteiger partial charge in [-0.15, -0.1) is 0 Å². The van der Waals surface area contributed by atoms with Crippen LogP contribution in [0.1, 0.15) is 155 Å². The first-order chi connectivity index (χ1) is 72.0. The van der Waals surface area contributed by atoms with E-state index in [-0.39, 0.29) is 21.7 Å². The molecular formula is C143H119N3. The van der Waals surface area contributed by atoms with Gasteiger partial charge in [0.05, 0.1) is 0 Å². The van der Waals surface area contributed by atoms with E-state index in [1.807, 2.05) is 0 Å². The van der Waals surface area contributed by atoms with Crippen molar-refractivity contribution in [3.05, 3.63) is 475 Å². The van der Waals surface area contributed by atoms with Crippen molar-refractivity contribution in [2.75, 3.05) is 14.7 Å². The number of hydrogen-bond donors (Lipinski definition) is 0. The van der Waals surface area contributed by atoms with Gasteiger partial charge in [0.1, 0.15) is 0 Å². The van der Waals surface area contributed by atoms with Crippen molar-refractivity contribution in [3.63, 3.8) is 0 Å². The third-order valence-corrected chi connectivity index (χ3v) is 39.6. The molecule has 0 aromatic heterocycles. The molecule has 0 amide bonds. The molecule has 3 spiro atoms. The summed E-state index contributed by atoms with van der Waals surface area (Å²) in [5, 5.41) is 12.7. The standard InChI is InChI=1S/2C48H39N.C47H41N/c1-3-10-35-27-38(17-16-33(35)8-1)37-12-7-13-41(29-37)49(42-19-18-34-9-2-4-11-36(34)28-42)43-20-21-47-45(30-43)44-14-5-6-15-46(44)48(47)39-23-31-22-32(25-39)26-40(48)24-31;1-2-11-35-28-40(20-19-33(35)9-1)49(39-14-7-13-36(29-39)43-17-8-12-34-10-3-4-15-42(34)43)41-21-22-47-45(30-41)44-16-5-6-18-46(44)48(47)37-24-31-23-32(26-37)27-38(48)25-31;1-46(2)42-13-7-5-11-38(42)40-27-36(17-19-43(40)46)48(35-16-15-31-9-3-4-10-32(31)26-35)37-18-20-45-41(28-37)39-12-6-8-14-44(39)47(45)33-22-29-21-30(24-33)25-34(47)23-29/h1-21,27-32,39-40H,22-26H2;1-22,28-32,37-38H,23-27H2;3-20,26-30,33-34H,21-25H2,1-2H3. The van der Waals surface area contributed by atoms with Gasteiger partial charge in [0.15, 0.2) is 0 Å². The molecule has 20 aromatic carbocycles. The van der Waals surface area contributed by atoms with Crippen molar-refractivity contribution in [2.45, 2.75) is 132 Å². The molecule has 12 saturated carbocycles. The maximum atomic E-state index is 2.56. The van der Waals surface area contributed by atoms with Crippen LogP contribution in [-0.2, 0) is 21.7 Å². The maximum Gasteiger partial charge on any atom is 0.0468 e. The van der Waals surface area contributed by atoms with Gasteiger partial charge in [-0.3, -0.25) is 0 Å². The molecule has 706 valence electrons. The largest absolute Gasteiger partial charge is 0.310 e. The lowest BCUT2D eigenvalue weighted by Crippen LogP contribution is -2.55. The topological polar surface area (TPSA) is 9.72 Å². The second-order valence-corrected chi connectivity index (χ2v) is 47.0. The fraction of sp³-hybridized carbons (Fsp3) is 0.231. The Balaban J connectivity index is 0.0000000995. The van der Waals surface area contributed by atoms with Gasteiger partial charge >= 0.3 is 0 Å². The fourth-order valence-corrected chi connectivity index (χ4v) is 34.5. The third-order valence-electron chi connectivity index (χ3n) is 39.6. The van der Waals surface area contributed by atoms with Crippen LogP contribution in [0.4, 0.5) is 51.2 Å². The third kappa shape index (κ3) is 12.8. The van der Waals surface area contributed by atoms with Crippen molar-refractivity contribution in [2.24, 2.45) is 71.0 Å². The molecule has 0 atom stereocenters. The first kappa shape index (κ1) is 85.5. The lowest BCUT2D eigenvalue weighted by molar-refractivity contribution is -0.0399. The zero-order valence-electron chi connectivity index (χ0n) is 83.4. The summed E-state index contributed by atoms with van der Waals surface area (Å²) in [5.74, 6) is 10.3. The molecular weight excluding hydrogens is 1760 g/mol. The Bertz CT molecular complexity index is 8680. The Kier molecular flexibility index (Phi) is 19.2. The Morgan fingerprint density at radius 3 is 0.788 bits per heavy atom. The molecule has 0 aliphatic heterocycles. The molecule has 16 aliphatic carbocycles. The minimum Gasteiger partial charge on any atom is -0.310 e. The number of benzene rings is 20. The van der Waals surface area contributed by atoms with Crippen molar-refractivity contribution in [1.82, 2.24) is 0 Å². The Labute approximate surface area is 858 Å². The lowest BCUT2D eigenvalue weighted by atomic mass is 9.43. The summed E-state index contributed by atoms with van der Waals surface area (Å²) < 4.78 is 0. The molecule has 12 fully saturated rings. The van der Waals surface area contributed by atoms with Crippen LogP contribution < -0.4 is 14.7 Å². The van der Waals surface area contributed by atoms with Crippen LogP contribution in [-0.4, -0.2) is 0 Å². The van der Waals surface area contributed by atoms with Crippen molar-refractivity contribution in [3.8, 4) is 66.8 Å². The van der Waals surface area contributed by atoms with Crippen LogP contribution in [0.25, 0.3) is 121 Å². The smallest absolute Gasteiger partial charge is 0.0468 e. The highest BCUT2D eigenvalue weighted by molar-refractivity contribution is 6.01. The molecule has 20 aromatic rings. The highest BCUT2D eigenvalue weighted by Gasteiger charge is 2.65. The van der Waals surface area contributed by atoms with E-state index in [2.05, 4.69) is 459 Å². The van der Waals surface area contributed by atoms with Crippen molar-refractivity contribution >= 4 is 105 Å². The monoisotopic (exact) mass is 1880 g/mol. The highest BCUT2D eigenvalue weighted by atomic mass is 15.2. The van der Waals surface area contributed by atoms with Gasteiger partial charge in [-0.2, -0.15) is 0 Å². The molecule has 3 heteroatoms. The minimum absolute atomic E-state index is 0.0114. The van der Waals surface area contributed by atoms with E-state index in [4.69, 9.17) is 0 Å². The molecule has 0 saturated heterocycles. The van der Waals surface area contributed by atoms with Crippen LogP contribution in [0.15, 0.2) is 431 Å². The average molecular weight is 1880 g/mol. The quantitative estimate of drug-likeness (QED) is 0.128. The van der Waals surface area contributed by atoms with Crippen LogP contribution in [0.5, 0.6) is 0 Å². The summed E-state index contributed by atoms with van der Waals surface area (Å²) >= 11 is 0. The summed E-state index contributed by atoms with van der Waals surface area (Å²) in [6.07, 6.45) is 21.4. The minimum atomic E-state index is -0.0114. The van der Waals surface area contributed by atoms with E-state index in [0.29, 0.717) is 0 Å². The van der Waals surface area contributed by atoms with E-state index >= 15 is 0 Å². The average Bonchev–Trinajstić information content (AvgIpc) is 1.52. The normalized spacial score (nSPS) is 25.1. The zero-order valence-corrected chi connectivity index (χ0v) is 83.4. The summed E-state index contributed by atoms with van der Waals surface area (Å²) in [6.45, 7) is 4.74. The lowest BCUT2D eigenvalue weighted by Gasteiger charge is -2.61.